The average Bonchev–Trinajstić information content (AvgIpc) is 2.32. The van der Waals surface area contributed by atoms with Gasteiger partial charge in [-0.3, -0.25) is 4.21 Å². The Morgan fingerprint density at radius 2 is 1.89 bits per heavy atom. The minimum Gasteiger partial charge on any atom is -0.480 e. The molecule has 0 bridgehead atoms. The van der Waals surface area contributed by atoms with Crippen LogP contribution in [0.25, 0.3) is 0 Å². The van der Waals surface area contributed by atoms with Crippen molar-refractivity contribution in [2.45, 2.75) is 45.2 Å². The molecule has 1 aliphatic heterocycles. The number of carbonyl (C=O) groups excluding carboxylic acids is 1. The first-order chi connectivity index (χ1) is 8.78. The summed E-state index contributed by atoms with van der Waals surface area (Å²) in [5.74, 6) is 0.160. The molecule has 0 spiro atoms. The van der Waals surface area contributed by atoms with Crippen LogP contribution in [0.1, 0.15) is 33.6 Å². The zero-order chi connectivity index (χ0) is 14.6. The summed E-state index contributed by atoms with van der Waals surface area (Å²) >= 11 is 0. The second kappa shape index (κ2) is 6.36. The largest absolute Gasteiger partial charge is 0.480 e. The number of nitrogens with zero attached hydrogens (tertiary/aromatic N) is 1. The summed E-state index contributed by atoms with van der Waals surface area (Å²) in [5, 5.41) is 12.0. The number of aliphatic carboxylic acids is 1. The quantitative estimate of drug-likeness (QED) is 0.801. The predicted octanol–water partition coefficient (Wildman–Crippen LogP) is 0.792. The van der Waals surface area contributed by atoms with E-state index in [1.165, 1.54) is 18.7 Å². The number of urea groups is 1. The number of carbonyl (C=O) groups is 2. The third-order valence-corrected chi connectivity index (χ3v) is 4.86. The first-order valence-corrected chi connectivity index (χ1v) is 7.94. The minimum absolute atomic E-state index is 0.0103. The second-order valence-electron chi connectivity index (χ2n) is 5.18. The van der Waals surface area contributed by atoms with Crippen molar-refractivity contribution < 1.29 is 18.9 Å². The fraction of sp³-hybridized carbons (Fsp3) is 0.833. The summed E-state index contributed by atoms with van der Waals surface area (Å²) in [7, 11) is -0.772. The molecule has 6 nitrogen and oxygen atoms in total. The Balaban J connectivity index is 2.64. The molecular formula is C12H22N2O4S. The number of nitrogens with one attached hydrogen (secondary N) is 1. The maximum absolute atomic E-state index is 12.2. The van der Waals surface area contributed by atoms with Gasteiger partial charge in [0.25, 0.3) is 0 Å². The van der Waals surface area contributed by atoms with Crippen molar-refractivity contribution in [1.29, 1.82) is 0 Å². The van der Waals surface area contributed by atoms with Crippen molar-refractivity contribution in [3.05, 3.63) is 0 Å². The lowest BCUT2D eigenvalue weighted by molar-refractivity contribution is -0.147. The van der Waals surface area contributed by atoms with Crippen molar-refractivity contribution in [3.63, 3.8) is 0 Å². The zero-order valence-corrected chi connectivity index (χ0v) is 12.5. The van der Waals surface area contributed by atoms with Gasteiger partial charge in [-0.2, -0.15) is 0 Å². The number of hydrogen-bond acceptors (Lipinski definition) is 3. The molecule has 0 aromatic carbocycles. The summed E-state index contributed by atoms with van der Waals surface area (Å²) in [4.78, 5) is 24.7. The normalized spacial score (nSPS) is 23.7. The van der Waals surface area contributed by atoms with E-state index in [-0.39, 0.29) is 12.1 Å². The molecule has 7 heteroatoms. The summed E-state index contributed by atoms with van der Waals surface area (Å²) < 4.78 is 11.2. The monoisotopic (exact) mass is 290 g/mol. The molecule has 0 unspecified atom stereocenters. The number of carboxylic acid groups (broad SMARTS) is 1. The van der Waals surface area contributed by atoms with Crippen LogP contribution in [0.5, 0.6) is 0 Å². The molecule has 0 aromatic rings. The third-order valence-electron chi connectivity index (χ3n) is 3.48. The maximum atomic E-state index is 12.2. The van der Waals surface area contributed by atoms with Gasteiger partial charge in [0.15, 0.2) is 0 Å². The Morgan fingerprint density at radius 1 is 1.37 bits per heavy atom. The van der Waals surface area contributed by atoms with Gasteiger partial charge in [-0.05, 0) is 33.6 Å². The molecule has 1 saturated heterocycles. The highest BCUT2D eigenvalue weighted by Crippen LogP contribution is 2.16. The molecule has 0 aromatic heterocycles. The standard InChI is InChI=1S/C12H22N2O4S/c1-4-14(12(2,3)10(15)16)11(17)13-9-5-7-19(18)8-6-9/h9H,4-8H2,1-3H3,(H,13,17)(H,15,16). The van der Waals surface area contributed by atoms with E-state index in [1.54, 1.807) is 6.92 Å². The van der Waals surface area contributed by atoms with Crippen molar-refractivity contribution >= 4 is 22.8 Å². The number of carboxylic acids is 1. The van der Waals surface area contributed by atoms with Crippen molar-refractivity contribution in [3.8, 4) is 0 Å². The molecular weight excluding hydrogens is 268 g/mol. The van der Waals surface area contributed by atoms with E-state index in [2.05, 4.69) is 5.32 Å². The summed E-state index contributed by atoms with van der Waals surface area (Å²) in [6, 6.07) is -0.378. The Kier molecular flexibility index (Phi) is 5.34. The molecule has 0 aliphatic carbocycles. The zero-order valence-electron chi connectivity index (χ0n) is 11.6. The lowest BCUT2D eigenvalue weighted by Crippen LogP contribution is -2.57. The Hall–Kier alpha value is -1.11. The van der Waals surface area contributed by atoms with Crippen LogP contribution >= 0.6 is 0 Å². The molecule has 2 amide bonds. The first kappa shape index (κ1) is 15.9. The highest BCUT2D eigenvalue weighted by atomic mass is 32.2. The van der Waals surface area contributed by atoms with Gasteiger partial charge in [-0.15, -0.1) is 0 Å². The van der Waals surface area contributed by atoms with E-state index >= 15 is 0 Å². The van der Waals surface area contributed by atoms with Crippen molar-refractivity contribution in [2.24, 2.45) is 0 Å². The summed E-state index contributed by atoms with van der Waals surface area (Å²) in [6.07, 6.45) is 1.37. The van der Waals surface area contributed by atoms with E-state index in [4.69, 9.17) is 0 Å². The van der Waals surface area contributed by atoms with E-state index in [9.17, 15) is 18.9 Å². The fourth-order valence-electron chi connectivity index (χ4n) is 2.10. The predicted molar refractivity (Wildman–Crippen MR) is 73.5 cm³/mol. The SMILES string of the molecule is CCN(C(=O)NC1CCS(=O)CC1)C(C)(C)C(=O)O. The van der Waals surface area contributed by atoms with E-state index < -0.39 is 22.3 Å². The highest BCUT2D eigenvalue weighted by Gasteiger charge is 2.37. The number of hydrogen-bond donors (Lipinski definition) is 2. The highest BCUT2D eigenvalue weighted by molar-refractivity contribution is 7.85. The average molecular weight is 290 g/mol. The van der Waals surface area contributed by atoms with Gasteiger partial charge in [-0.1, -0.05) is 0 Å². The number of amides is 2. The molecule has 2 N–H and O–H groups in total. The van der Waals surface area contributed by atoms with E-state index in [0.29, 0.717) is 30.9 Å². The third kappa shape index (κ3) is 3.92. The molecule has 0 saturated carbocycles. The molecule has 110 valence electrons. The topological polar surface area (TPSA) is 86.7 Å². The summed E-state index contributed by atoms with van der Waals surface area (Å²) in [5.41, 5.74) is -1.24. The van der Waals surface area contributed by atoms with Crippen molar-refractivity contribution in [2.75, 3.05) is 18.1 Å². The number of rotatable bonds is 4. The van der Waals surface area contributed by atoms with E-state index in [1.807, 2.05) is 0 Å². The Morgan fingerprint density at radius 3 is 2.32 bits per heavy atom. The van der Waals surface area contributed by atoms with Gasteiger partial charge in [0.2, 0.25) is 0 Å². The molecule has 19 heavy (non-hydrogen) atoms. The van der Waals surface area contributed by atoms with Crippen LogP contribution in [0.4, 0.5) is 4.79 Å². The van der Waals surface area contributed by atoms with Gasteiger partial charge < -0.3 is 15.3 Å². The fourth-order valence-corrected chi connectivity index (χ4v) is 3.40. The van der Waals surface area contributed by atoms with Crippen LogP contribution in [0.15, 0.2) is 0 Å². The van der Waals surface area contributed by atoms with Crippen LogP contribution in [0.3, 0.4) is 0 Å². The van der Waals surface area contributed by atoms with Crippen LogP contribution in [0, 0.1) is 0 Å². The lowest BCUT2D eigenvalue weighted by Gasteiger charge is -2.36. The smallest absolute Gasteiger partial charge is 0.329 e. The van der Waals surface area contributed by atoms with Gasteiger partial charge in [-0.25, -0.2) is 9.59 Å². The molecule has 1 rings (SSSR count). The molecule has 1 aliphatic rings. The van der Waals surface area contributed by atoms with Crippen LogP contribution < -0.4 is 5.32 Å². The van der Waals surface area contributed by atoms with Gasteiger partial charge in [0.1, 0.15) is 5.54 Å². The van der Waals surface area contributed by atoms with Crippen LogP contribution in [-0.4, -0.2) is 55.8 Å². The molecule has 1 fully saturated rings. The Labute approximate surface area is 116 Å². The maximum Gasteiger partial charge on any atom is 0.329 e. The van der Waals surface area contributed by atoms with Crippen LogP contribution in [-0.2, 0) is 15.6 Å². The Bertz CT molecular complexity index is 374. The minimum atomic E-state index is -1.24. The molecule has 0 atom stereocenters. The summed E-state index contributed by atoms with van der Waals surface area (Å²) in [6.45, 7) is 5.09. The van der Waals surface area contributed by atoms with Crippen molar-refractivity contribution in [1.82, 2.24) is 10.2 Å². The van der Waals surface area contributed by atoms with Gasteiger partial charge in [0.05, 0.1) is 0 Å². The molecule has 0 radical (unpaired) electrons. The molecule has 1 heterocycles. The van der Waals surface area contributed by atoms with Gasteiger partial charge >= 0.3 is 12.0 Å². The number of likely N-dealkylation sites (N-methyl/N-ethyl adjacent to an activating group) is 1. The first-order valence-electron chi connectivity index (χ1n) is 6.45. The second-order valence-corrected chi connectivity index (χ2v) is 6.88. The van der Waals surface area contributed by atoms with E-state index in [0.717, 1.165) is 0 Å². The lowest BCUT2D eigenvalue weighted by atomic mass is 10.0. The van der Waals surface area contributed by atoms with Gasteiger partial charge in [0, 0.05) is 34.9 Å². The van der Waals surface area contributed by atoms with Crippen LogP contribution in [0.2, 0.25) is 0 Å².